The highest BCUT2D eigenvalue weighted by molar-refractivity contribution is 7.86. The molecule has 0 radical (unpaired) electrons. The summed E-state index contributed by atoms with van der Waals surface area (Å²) in [6.45, 7) is 0. The van der Waals surface area contributed by atoms with Gasteiger partial charge in [-0.15, -0.1) is 0 Å². The van der Waals surface area contributed by atoms with Crippen molar-refractivity contribution in [3.05, 3.63) is 78.9 Å². The minimum absolute atomic E-state index is 0.809. The largest absolute Gasteiger partial charge is 0.456 e. The second-order valence-corrected chi connectivity index (χ2v) is 7.87. The van der Waals surface area contributed by atoms with Crippen LogP contribution in [0.3, 0.4) is 0 Å². The molecule has 21 heavy (non-hydrogen) atoms. The first-order valence-electron chi connectivity index (χ1n) is 6.87. The van der Waals surface area contributed by atoms with E-state index in [4.69, 9.17) is 4.74 Å². The number of fused-ring (bicyclic) bond motifs is 2. The summed E-state index contributed by atoms with van der Waals surface area (Å²) in [4.78, 5) is 0. The van der Waals surface area contributed by atoms with Crippen LogP contribution in [0.25, 0.3) is 0 Å². The first kappa shape index (κ1) is 12.4. The van der Waals surface area contributed by atoms with Gasteiger partial charge in [0.25, 0.3) is 0 Å². The smallest absolute Gasteiger partial charge is 0.137 e. The van der Waals surface area contributed by atoms with E-state index < -0.39 is 7.05 Å². The van der Waals surface area contributed by atoms with E-state index in [1.807, 2.05) is 66.7 Å². The molecule has 4 rings (SSSR count). The number of ether oxygens (including phenoxy) is 1. The van der Waals surface area contributed by atoms with Crippen LogP contribution in [-0.2, 0) is 0 Å². The van der Waals surface area contributed by atoms with Gasteiger partial charge in [-0.05, 0) is 24.3 Å². The van der Waals surface area contributed by atoms with Gasteiger partial charge in [-0.25, -0.2) is 0 Å². The number of benzene rings is 3. The van der Waals surface area contributed by atoms with E-state index in [0.717, 1.165) is 27.4 Å². The van der Waals surface area contributed by atoms with Crippen LogP contribution in [0, 0.1) is 5.16 Å². The molecule has 3 aromatic carbocycles. The molecule has 0 spiro atoms. The number of nitrogens with one attached hydrogen (secondary N) is 1. The monoisotopic (exact) mass is 291 g/mol. The molecular formula is C18H14NOP. The fourth-order valence-electron chi connectivity index (χ4n) is 2.82. The van der Waals surface area contributed by atoms with E-state index in [1.165, 1.54) is 0 Å². The van der Waals surface area contributed by atoms with E-state index in [2.05, 4.69) is 12.1 Å². The fraction of sp³-hybridized carbons (Fsp3) is 0. The molecular weight excluding hydrogens is 277 g/mol. The fourth-order valence-corrected chi connectivity index (χ4v) is 5.78. The van der Waals surface area contributed by atoms with Crippen LogP contribution >= 0.6 is 7.05 Å². The van der Waals surface area contributed by atoms with Gasteiger partial charge in [-0.1, -0.05) is 54.6 Å². The second-order valence-electron chi connectivity index (χ2n) is 5.04. The SMILES string of the molecule is N=P1(c2ccccc2)c2ccccc2Oc2ccccc21. The summed E-state index contributed by atoms with van der Waals surface area (Å²) in [5.74, 6) is 1.62. The summed E-state index contributed by atoms with van der Waals surface area (Å²) >= 11 is 0. The molecule has 0 aromatic heterocycles. The van der Waals surface area contributed by atoms with Crippen molar-refractivity contribution in [1.82, 2.24) is 0 Å². The lowest BCUT2D eigenvalue weighted by molar-refractivity contribution is 0.488. The molecule has 3 heteroatoms. The summed E-state index contributed by atoms with van der Waals surface area (Å²) in [7, 11) is -2.37. The molecule has 3 aromatic rings. The van der Waals surface area contributed by atoms with Gasteiger partial charge in [-0.3, -0.25) is 0 Å². The van der Waals surface area contributed by atoms with Crippen molar-refractivity contribution in [1.29, 1.82) is 5.16 Å². The van der Waals surface area contributed by atoms with Gasteiger partial charge in [0.1, 0.15) is 11.5 Å². The zero-order chi connectivity index (χ0) is 14.3. The molecule has 0 saturated carbocycles. The topological polar surface area (TPSA) is 33.1 Å². The molecule has 1 N–H and O–H groups in total. The highest BCUT2D eigenvalue weighted by Crippen LogP contribution is 2.51. The Morgan fingerprint density at radius 1 is 0.619 bits per heavy atom. The third kappa shape index (κ3) is 1.76. The third-order valence-corrected chi connectivity index (χ3v) is 7.07. The molecule has 0 fully saturated rings. The summed E-state index contributed by atoms with van der Waals surface area (Å²) in [6, 6.07) is 26.0. The molecule has 0 aliphatic carbocycles. The molecule has 0 unspecified atom stereocenters. The normalized spacial score (nSPS) is 14.7. The molecule has 2 nitrogen and oxygen atoms in total. The molecule has 1 heterocycles. The van der Waals surface area contributed by atoms with Crippen LogP contribution in [0.5, 0.6) is 11.5 Å². The van der Waals surface area contributed by atoms with Crippen LogP contribution in [0.4, 0.5) is 0 Å². The molecule has 0 bridgehead atoms. The van der Waals surface area contributed by atoms with Crippen molar-refractivity contribution >= 4 is 23.0 Å². The minimum Gasteiger partial charge on any atom is -0.456 e. The highest BCUT2D eigenvalue weighted by atomic mass is 31.2. The Balaban J connectivity index is 2.09. The molecule has 0 amide bonds. The lowest BCUT2D eigenvalue weighted by Crippen LogP contribution is -2.30. The van der Waals surface area contributed by atoms with E-state index in [-0.39, 0.29) is 0 Å². The zero-order valence-corrected chi connectivity index (χ0v) is 12.3. The maximum Gasteiger partial charge on any atom is 0.137 e. The molecule has 102 valence electrons. The Hall–Kier alpha value is -2.31. The lowest BCUT2D eigenvalue weighted by Gasteiger charge is -2.31. The highest BCUT2D eigenvalue weighted by Gasteiger charge is 2.34. The average molecular weight is 291 g/mol. The van der Waals surface area contributed by atoms with Crippen molar-refractivity contribution in [2.24, 2.45) is 0 Å². The van der Waals surface area contributed by atoms with E-state index >= 15 is 0 Å². The predicted octanol–water partition coefficient (Wildman–Crippen LogP) is 3.85. The van der Waals surface area contributed by atoms with E-state index in [1.54, 1.807) is 0 Å². The Morgan fingerprint density at radius 2 is 1.10 bits per heavy atom. The van der Waals surface area contributed by atoms with Gasteiger partial charge in [0.05, 0.1) is 7.05 Å². The van der Waals surface area contributed by atoms with Crippen molar-refractivity contribution in [2.45, 2.75) is 0 Å². The quantitative estimate of drug-likeness (QED) is 0.531. The summed E-state index contributed by atoms with van der Waals surface area (Å²) in [5.41, 5.74) is 0. The third-order valence-electron chi connectivity index (χ3n) is 3.82. The van der Waals surface area contributed by atoms with Gasteiger partial charge >= 0.3 is 0 Å². The summed E-state index contributed by atoms with van der Waals surface area (Å²) < 4.78 is 6.00. The Bertz CT molecular complexity index is 808. The van der Waals surface area contributed by atoms with Crippen molar-refractivity contribution in [2.75, 3.05) is 0 Å². The number of hydrogen-bond donors (Lipinski definition) is 1. The predicted molar refractivity (Wildman–Crippen MR) is 87.9 cm³/mol. The first-order chi connectivity index (χ1) is 10.3. The lowest BCUT2D eigenvalue weighted by atomic mass is 10.3. The van der Waals surface area contributed by atoms with Crippen LogP contribution in [0.15, 0.2) is 78.9 Å². The standard InChI is InChI=1S/C18H14NOP/c19-21(14-8-2-1-3-9-14)17-12-6-4-10-15(17)20-16-11-5-7-13-18(16)21/h1-13,19H. The van der Waals surface area contributed by atoms with Crippen molar-refractivity contribution < 1.29 is 4.74 Å². The van der Waals surface area contributed by atoms with E-state index in [9.17, 15) is 5.16 Å². The van der Waals surface area contributed by atoms with Gasteiger partial charge in [0, 0.05) is 15.9 Å². The van der Waals surface area contributed by atoms with Crippen LogP contribution in [0.1, 0.15) is 0 Å². The van der Waals surface area contributed by atoms with Crippen LogP contribution in [0.2, 0.25) is 0 Å². The molecule has 1 aliphatic heterocycles. The van der Waals surface area contributed by atoms with Crippen LogP contribution < -0.4 is 20.7 Å². The van der Waals surface area contributed by atoms with Gasteiger partial charge in [0.15, 0.2) is 0 Å². The second kappa shape index (κ2) is 4.61. The van der Waals surface area contributed by atoms with Crippen LogP contribution in [-0.4, -0.2) is 0 Å². The zero-order valence-electron chi connectivity index (χ0n) is 11.4. The van der Waals surface area contributed by atoms with E-state index in [0.29, 0.717) is 0 Å². The molecule has 0 saturated heterocycles. The summed E-state index contributed by atoms with van der Waals surface area (Å²) in [5, 5.41) is 12.4. The number of para-hydroxylation sites is 2. The number of rotatable bonds is 1. The first-order valence-corrected chi connectivity index (χ1v) is 8.66. The van der Waals surface area contributed by atoms with Gasteiger partial charge in [0.2, 0.25) is 0 Å². The Morgan fingerprint density at radius 3 is 1.67 bits per heavy atom. The maximum absolute atomic E-state index is 9.36. The number of hydrogen-bond acceptors (Lipinski definition) is 2. The molecule has 1 aliphatic rings. The Kier molecular flexibility index (Phi) is 2.73. The average Bonchev–Trinajstić information content (AvgIpc) is 2.56. The molecule has 0 atom stereocenters. The maximum atomic E-state index is 9.36. The minimum atomic E-state index is -2.37. The van der Waals surface area contributed by atoms with Gasteiger partial charge in [-0.2, -0.15) is 0 Å². The summed E-state index contributed by atoms with van der Waals surface area (Å²) in [6.07, 6.45) is 0. The van der Waals surface area contributed by atoms with Crippen molar-refractivity contribution in [3.8, 4) is 11.5 Å². The Labute approximate surface area is 123 Å². The van der Waals surface area contributed by atoms with Gasteiger partial charge < -0.3 is 9.90 Å². The van der Waals surface area contributed by atoms with Crippen molar-refractivity contribution in [3.63, 3.8) is 0 Å².